The van der Waals surface area contributed by atoms with Crippen molar-refractivity contribution in [2.45, 2.75) is 13.8 Å². The summed E-state index contributed by atoms with van der Waals surface area (Å²) in [5.74, 6) is 0. The predicted octanol–water partition coefficient (Wildman–Crippen LogP) is 3.42. The van der Waals surface area contributed by atoms with E-state index >= 15 is 0 Å². The van der Waals surface area contributed by atoms with Crippen LogP contribution in [0.2, 0.25) is 0 Å². The van der Waals surface area contributed by atoms with Gasteiger partial charge in [0.1, 0.15) is 0 Å². The van der Waals surface area contributed by atoms with Crippen LogP contribution < -0.4 is 0 Å². The van der Waals surface area contributed by atoms with Gasteiger partial charge in [-0.05, 0) is 11.0 Å². The molecule has 15 heavy (non-hydrogen) atoms. The molecular formula is C11H11BrN2Y-2. The summed E-state index contributed by atoms with van der Waals surface area (Å²) in [6.45, 7) is 4.00. The molecule has 0 saturated carbocycles. The molecule has 0 N–H and O–H groups in total. The SMILES string of the molecule is Brc1cnc2cc[c-]nc2c1.C[CH-]C.[Y]. The summed E-state index contributed by atoms with van der Waals surface area (Å²) in [6.07, 6.45) is 6.51. The Morgan fingerprint density at radius 2 is 2.00 bits per heavy atom. The van der Waals surface area contributed by atoms with E-state index in [2.05, 4.69) is 32.1 Å². The van der Waals surface area contributed by atoms with Crippen LogP contribution in [-0.4, -0.2) is 9.97 Å². The third-order valence-electron chi connectivity index (χ3n) is 1.36. The first-order valence-electron chi connectivity index (χ1n) is 4.30. The molecule has 2 nitrogen and oxygen atoms in total. The molecule has 4 heteroatoms. The largest absolute Gasteiger partial charge is 0.385 e. The summed E-state index contributed by atoms with van der Waals surface area (Å²) in [4.78, 5) is 8.18. The topological polar surface area (TPSA) is 25.8 Å². The Balaban J connectivity index is 0.000000443. The van der Waals surface area contributed by atoms with E-state index in [0.29, 0.717) is 0 Å². The van der Waals surface area contributed by atoms with Crippen LogP contribution in [0.5, 0.6) is 0 Å². The molecule has 2 rings (SSSR count). The number of hydrogen-bond acceptors (Lipinski definition) is 2. The first kappa shape index (κ1) is 15.1. The van der Waals surface area contributed by atoms with Crippen molar-refractivity contribution in [1.29, 1.82) is 0 Å². The van der Waals surface area contributed by atoms with Gasteiger partial charge in [0.15, 0.2) is 0 Å². The van der Waals surface area contributed by atoms with E-state index in [-0.39, 0.29) is 32.7 Å². The number of nitrogens with zero attached hydrogens (tertiary/aromatic N) is 2. The normalized spacial score (nSPS) is 8.73. The van der Waals surface area contributed by atoms with Gasteiger partial charge >= 0.3 is 0 Å². The summed E-state index contributed by atoms with van der Waals surface area (Å²) in [5, 5.41) is 0. The standard InChI is InChI=1S/C8H4BrN2.C3H7.Y/c9-6-4-8-7(11-5-6)2-1-3-10-8;1-3-2;/h1-2,4-5H;3H,1-2H3;/q2*-1;. The molecule has 0 atom stereocenters. The maximum Gasteiger partial charge on any atom is 0.0382 e. The second-order valence-corrected chi connectivity index (χ2v) is 3.63. The van der Waals surface area contributed by atoms with Gasteiger partial charge < -0.3 is 11.4 Å². The van der Waals surface area contributed by atoms with Gasteiger partial charge in [0.2, 0.25) is 0 Å². The van der Waals surface area contributed by atoms with E-state index in [0.717, 1.165) is 15.5 Å². The zero-order chi connectivity index (χ0) is 10.4. The number of rotatable bonds is 0. The first-order chi connectivity index (χ1) is 6.77. The molecule has 0 bridgehead atoms. The van der Waals surface area contributed by atoms with Crippen LogP contribution in [0.25, 0.3) is 11.0 Å². The molecule has 1 radical (unpaired) electrons. The smallest absolute Gasteiger partial charge is 0.0382 e. The minimum Gasteiger partial charge on any atom is -0.385 e. The number of hydrogen-bond donors (Lipinski definition) is 0. The van der Waals surface area contributed by atoms with Crippen LogP contribution in [-0.2, 0) is 32.7 Å². The van der Waals surface area contributed by atoms with Crippen molar-refractivity contribution < 1.29 is 32.7 Å². The summed E-state index contributed by atoms with van der Waals surface area (Å²) >= 11 is 3.32. The van der Waals surface area contributed by atoms with Crippen LogP contribution >= 0.6 is 15.9 Å². The van der Waals surface area contributed by atoms with E-state index in [1.165, 1.54) is 0 Å². The Kier molecular flexibility index (Phi) is 8.39. The van der Waals surface area contributed by atoms with Gasteiger partial charge in [-0.25, -0.2) is 0 Å². The van der Waals surface area contributed by atoms with Gasteiger partial charge in [0.05, 0.1) is 0 Å². The van der Waals surface area contributed by atoms with Gasteiger partial charge in [0.25, 0.3) is 0 Å². The maximum absolute atomic E-state index is 4.15. The fraction of sp³-hybridized carbons (Fsp3) is 0.182. The molecule has 2 aromatic rings. The van der Waals surface area contributed by atoms with Crippen LogP contribution in [0.1, 0.15) is 13.8 Å². The van der Waals surface area contributed by atoms with Gasteiger partial charge in [-0.3, -0.25) is 4.98 Å². The van der Waals surface area contributed by atoms with E-state index in [4.69, 9.17) is 0 Å². The summed E-state index contributed by atoms with van der Waals surface area (Å²) in [7, 11) is 0. The van der Waals surface area contributed by atoms with Crippen molar-refractivity contribution in [3.63, 3.8) is 0 Å². The van der Waals surface area contributed by atoms with Crippen molar-refractivity contribution in [2.75, 3.05) is 0 Å². The third-order valence-corrected chi connectivity index (χ3v) is 1.80. The zero-order valence-corrected chi connectivity index (χ0v) is 13.2. The van der Waals surface area contributed by atoms with Crippen LogP contribution in [0.15, 0.2) is 28.9 Å². The molecule has 0 fully saturated rings. The number of aromatic nitrogens is 2. The Hall–Kier alpha value is 0.144. The Bertz CT molecular complexity index is 406. The van der Waals surface area contributed by atoms with Crippen molar-refractivity contribution in [3.8, 4) is 0 Å². The number of pyridine rings is 2. The van der Waals surface area contributed by atoms with Crippen LogP contribution in [0.4, 0.5) is 0 Å². The van der Waals surface area contributed by atoms with E-state index in [1.807, 2.05) is 32.4 Å². The number of fused-ring (bicyclic) bond motifs is 1. The van der Waals surface area contributed by atoms with E-state index in [9.17, 15) is 0 Å². The molecule has 0 saturated heterocycles. The average Bonchev–Trinajstić information content (AvgIpc) is 2.19. The summed E-state index contributed by atoms with van der Waals surface area (Å²) in [5.41, 5.74) is 1.76. The summed E-state index contributed by atoms with van der Waals surface area (Å²) in [6, 6.07) is 5.55. The molecule has 0 spiro atoms. The van der Waals surface area contributed by atoms with Crippen molar-refractivity contribution in [3.05, 3.63) is 41.5 Å². The van der Waals surface area contributed by atoms with Gasteiger partial charge in [0, 0.05) is 43.4 Å². The van der Waals surface area contributed by atoms with Gasteiger partial charge in [-0.2, -0.15) is 19.9 Å². The van der Waals surface area contributed by atoms with Gasteiger partial charge in [-0.1, -0.05) is 28.2 Å². The molecule has 0 unspecified atom stereocenters. The molecule has 2 aromatic heterocycles. The molecule has 0 aliphatic heterocycles. The predicted molar refractivity (Wildman–Crippen MR) is 61.7 cm³/mol. The van der Waals surface area contributed by atoms with Crippen LogP contribution in [0.3, 0.4) is 0 Å². The Morgan fingerprint density at radius 1 is 1.33 bits per heavy atom. The minimum absolute atomic E-state index is 0. The summed E-state index contributed by atoms with van der Waals surface area (Å²) < 4.78 is 0.942. The van der Waals surface area contributed by atoms with E-state index in [1.54, 1.807) is 12.3 Å². The molecular weight excluding hydrogens is 329 g/mol. The quantitative estimate of drug-likeness (QED) is 0.687. The average molecular weight is 340 g/mol. The first-order valence-corrected chi connectivity index (χ1v) is 5.09. The zero-order valence-electron chi connectivity index (χ0n) is 8.74. The Morgan fingerprint density at radius 3 is 2.67 bits per heavy atom. The maximum atomic E-state index is 4.15. The molecule has 2 heterocycles. The second-order valence-electron chi connectivity index (χ2n) is 2.71. The number of halogens is 1. The van der Waals surface area contributed by atoms with Crippen molar-refractivity contribution in [2.24, 2.45) is 0 Å². The monoisotopic (exact) mass is 339 g/mol. The van der Waals surface area contributed by atoms with Gasteiger partial charge in [-0.15, -0.1) is 6.07 Å². The molecule has 77 valence electrons. The third kappa shape index (κ3) is 5.14. The molecule has 0 aliphatic carbocycles. The van der Waals surface area contributed by atoms with Crippen molar-refractivity contribution in [1.82, 2.24) is 9.97 Å². The second kappa shape index (κ2) is 8.31. The fourth-order valence-electron chi connectivity index (χ4n) is 0.880. The van der Waals surface area contributed by atoms with E-state index < -0.39 is 0 Å². The Labute approximate surface area is 124 Å². The molecule has 0 aromatic carbocycles. The molecule has 0 aliphatic rings. The van der Waals surface area contributed by atoms with Crippen LogP contribution in [0, 0.1) is 12.6 Å². The van der Waals surface area contributed by atoms with Crippen molar-refractivity contribution >= 4 is 27.0 Å². The minimum atomic E-state index is 0. The molecule has 0 amide bonds. The fourth-order valence-corrected chi connectivity index (χ4v) is 1.20.